The Hall–Kier alpha value is -0.120. The minimum Gasteiger partial charge on any atom is -0.389 e. The predicted molar refractivity (Wildman–Crippen MR) is 91.7 cm³/mol. The summed E-state index contributed by atoms with van der Waals surface area (Å²) in [6.45, 7) is 10.8. The Morgan fingerprint density at radius 3 is 2.33 bits per heavy atom. The van der Waals surface area contributed by atoms with Crippen molar-refractivity contribution >= 4 is 0 Å². The number of aliphatic hydroxyl groups excluding tert-OH is 1. The highest BCUT2D eigenvalue weighted by Crippen LogP contribution is 2.09. The fraction of sp³-hybridized carbons (Fsp3) is 1.00. The molecular weight excluding hydrogens is 262 g/mol. The van der Waals surface area contributed by atoms with Gasteiger partial charge in [-0.2, -0.15) is 0 Å². The van der Waals surface area contributed by atoms with Crippen LogP contribution in [0.25, 0.3) is 0 Å². The van der Waals surface area contributed by atoms with Gasteiger partial charge in [0, 0.05) is 19.2 Å². The van der Waals surface area contributed by atoms with Crippen LogP contribution in [-0.4, -0.2) is 37.0 Å². The van der Waals surface area contributed by atoms with Gasteiger partial charge in [-0.25, -0.2) is 0 Å². The fourth-order valence-corrected chi connectivity index (χ4v) is 2.45. The van der Waals surface area contributed by atoms with E-state index in [1.165, 1.54) is 44.9 Å². The van der Waals surface area contributed by atoms with Gasteiger partial charge in [0.1, 0.15) is 0 Å². The van der Waals surface area contributed by atoms with Crippen molar-refractivity contribution in [2.45, 2.75) is 91.2 Å². The van der Waals surface area contributed by atoms with Gasteiger partial charge in [0.2, 0.25) is 0 Å². The molecule has 3 unspecified atom stereocenters. The molecule has 0 amide bonds. The molecule has 0 rings (SSSR count). The first kappa shape index (κ1) is 20.9. The molecule has 0 saturated heterocycles. The second-order valence-corrected chi connectivity index (χ2v) is 6.55. The molecule has 0 bridgehead atoms. The molecule has 3 heteroatoms. The summed E-state index contributed by atoms with van der Waals surface area (Å²) in [6.07, 6.45) is 9.67. The average Bonchev–Trinajstić information content (AvgIpc) is 2.47. The van der Waals surface area contributed by atoms with E-state index in [2.05, 4.69) is 33.0 Å². The van der Waals surface area contributed by atoms with E-state index < -0.39 is 0 Å². The monoisotopic (exact) mass is 301 g/mol. The molecule has 0 spiro atoms. The quantitative estimate of drug-likeness (QED) is 0.447. The molecule has 0 fully saturated rings. The van der Waals surface area contributed by atoms with Gasteiger partial charge in [-0.3, -0.25) is 0 Å². The predicted octanol–water partition coefficient (Wildman–Crippen LogP) is 4.14. The van der Waals surface area contributed by atoms with Crippen LogP contribution in [0.15, 0.2) is 0 Å². The first-order valence-corrected chi connectivity index (χ1v) is 9.09. The number of nitrogens with one attached hydrogen (secondary N) is 1. The Kier molecular flexibility index (Phi) is 14.7. The van der Waals surface area contributed by atoms with Gasteiger partial charge in [0.05, 0.1) is 12.7 Å². The Bertz CT molecular complexity index is 211. The average molecular weight is 302 g/mol. The van der Waals surface area contributed by atoms with Gasteiger partial charge < -0.3 is 15.2 Å². The van der Waals surface area contributed by atoms with E-state index in [-0.39, 0.29) is 6.10 Å². The number of ether oxygens (including phenoxy) is 1. The molecular formula is C18H39NO2. The SMILES string of the molecule is CCCCCCCCOCC(O)CNC(C)CC(C)CC. The summed E-state index contributed by atoms with van der Waals surface area (Å²) >= 11 is 0. The minimum atomic E-state index is -0.385. The molecule has 21 heavy (non-hydrogen) atoms. The standard InChI is InChI=1S/C18H39NO2/c1-5-7-8-9-10-11-12-21-15-18(20)14-19-17(4)13-16(3)6-2/h16-20H,5-15H2,1-4H3. The van der Waals surface area contributed by atoms with Crippen LogP contribution in [0.1, 0.15) is 79.1 Å². The first-order chi connectivity index (χ1) is 10.1. The Labute approximate surface area is 132 Å². The van der Waals surface area contributed by atoms with Gasteiger partial charge in [0.15, 0.2) is 0 Å². The number of aliphatic hydroxyl groups is 1. The van der Waals surface area contributed by atoms with Crippen LogP contribution < -0.4 is 5.32 Å². The number of hydrogen-bond donors (Lipinski definition) is 2. The topological polar surface area (TPSA) is 41.5 Å². The van der Waals surface area contributed by atoms with Crippen LogP contribution in [-0.2, 0) is 4.74 Å². The lowest BCUT2D eigenvalue weighted by Gasteiger charge is -2.19. The zero-order valence-electron chi connectivity index (χ0n) is 14.9. The molecule has 2 N–H and O–H groups in total. The van der Waals surface area contributed by atoms with Crippen molar-refractivity contribution in [1.29, 1.82) is 0 Å². The number of rotatable bonds is 15. The van der Waals surface area contributed by atoms with Crippen molar-refractivity contribution in [3.05, 3.63) is 0 Å². The molecule has 0 saturated carbocycles. The summed E-state index contributed by atoms with van der Waals surface area (Å²) < 4.78 is 5.55. The maximum atomic E-state index is 9.87. The summed E-state index contributed by atoms with van der Waals surface area (Å²) in [7, 11) is 0. The Morgan fingerprint density at radius 2 is 1.67 bits per heavy atom. The van der Waals surface area contributed by atoms with E-state index in [9.17, 15) is 5.11 Å². The maximum absolute atomic E-state index is 9.87. The Morgan fingerprint density at radius 1 is 1.00 bits per heavy atom. The molecule has 0 aromatic rings. The third-order valence-electron chi connectivity index (χ3n) is 4.11. The van der Waals surface area contributed by atoms with Crippen LogP contribution in [0.4, 0.5) is 0 Å². The summed E-state index contributed by atoms with van der Waals surface area (Å²) in [4.78, 5) is 0. The normalized spacial score (nSPS) is 15.9. The van der Waals surface area contributed by atoms with Gasteiger partial charge in [-0.15, -0.1) is 0 Å². The molecule has 0 radical (unpaired) electrons. The molecule has 3 atom stereocenters. The van der Waals surface area contributed by atoms with Crippen molar-refractivity contribution in [3.8, 4) is 0 Å². The molecule has 0 aromatic heterocycles. The highest BCUT2D eigenvalue weighted by atomic mass is 16.5. The molecule has 0 heterocycles. The summed E-state index contributed by atoms with van der Waals surface area (Å²) in [5.41, 5.74) is 0. The number of hydrogen-bond acceptors (Lipinski definition) is 3. The van der Waals surface area contributed by atoms with E-state index in [0.29, 0.717) is 19.2 Å². The molecule has 3 nitrogen and oxygen atoms in total. The lowest BCUT2D eigenvalue weighted by Crippen LogP contribution is -2.36. The second-order valence-electron chi connectivity index (χ2n) is 6.55. The summed E-state index contributed by atoms with van der Waals surface area (Å²) in [5, 5.41) is 13.3. The van der Waals surface area contributed by atoms with E-state index in [1.807, 2.05) is 0 Å². The van der Waals surface area contributed by atoms with Crippen LogP contribution in [0.3, 0.4) is 0 Å². The van der Waals surface area contributed by atoms with Crippen molar-refractivity contribution in [1.82, 2.24) is 5.32 Å². The highest BCUT2D eigenvalue weighted by Gasteiger charge is 2.09. The van der Waals surface area contributed by atoms with Gasteiger partial charge in [0.25, 0.3) is 0 Å². The first-order valence-electron chi connectivity index (χ1n) is 9.09. The third-order valence-corrected chi connectivity index (χ3v) is 4.11. The smallest absolute Gasteiger partial charge is 0.0897 e. The van der Waals surface area contributed by atoms with Crippen molar-refractivity contribution < 1.29 is 9.84 Å². The lowest BCUT2D eigenvalue weighted by molar-refractivity contribution is 0.0340. The summed E-state index contributed by atoms with van der Waals surface area (Å²) in [6, 6.07) is 0.466. The van der Waals surface area contributed by atoms with Gasteiger partial charge in [-0.05, 0) is 25.7 Å². The van der Waals surface area contributed by atoms with E-state index >= 15 is 0 Å². The van der Waals surface area contributed by atoms with Gasteiger partial charge >= 0.3 is 0 Å². The second kappa shape index (κ2) is 14.8. The van der Waals surface area contributed by atoms with E-state index in [1.54, 1.807) is 0 Å². The number of unbranched alkanes of at least 4 members (excludes halogenated alkanes) is 5. The van der Waals surface area contributed by atoms with Gasteiger partial charge in [-0.1, -0.05) is 59.3 Å². The van der Waals surface area contributed by atoms with Crippen LogP contribution in [0.2, 0.25) is 0 Å². The molecule has 0 aromatic carbocycles. The molecule has 0 aliphatic heterocycles. The maximum Gasteiger partial charge on any atom is 0.0897 e. The largest absolute Gasteiger partial charge is 0.389 e. The van der Waals surface area contributed by atoms with Crippen LogP contribution >= 0.6 is 0 Å². The fourth-order valence-electron chi connectivity index (χ4n) is 2.45. The molecule has 128 valence electrons. The summed E-state index contributed by atoms with van der Waals surface area (Å²) in [5.74, 6) is 0.744. The van der Waals surface area contributed by atoms with Crippen molar-refractivity contribution in [3.63, 3.8) is 0 Å². The van der Waals surface area contributed by atoms with Crippen LogP contribution in [0.5, 0.6) is 0 Å². The zero-order valence-corrected chi connectivity index (χ0v) is 14.9. The van der Waals surface area contributed by atoms with Crippen LogP contribution in [0, 0.1) is 5.92 Å². The third kappa shape index (κ3) is 14.6. The van der Waals surface area contributed by atoms with E-state index in [0.717, 1.165) is 18.9 Å². The van der Waals surface area contributed by atoms with E-state index in [4.69, 9.17) is 4.74 Å². The lowest BCUT2D eigenvalue weighted by atomic mass is 10.0. The Balaban J connectivity index is 3.35. The van der Waals surface area contributed by atoms with Crippen molar-refractivity contribution in [2.75, 3.05) is 19.8 Å². The minimum absolute atomic E-state index is 0.385. The molecule has 0 aliphatic carbocycles. The zero-order chi connectivity index (χ0) is 15.9. The highest BCUT2D eigenvalue weighted by molar-refractivity contribution is 4.67. The molecule has 0 aliphatic rings. The van der Waals surface area contributed by atoms with Crippen molar-refractivity contribution in [2.24, 2.45) is 5.92 Å².